The van der Waals surface area contributed by atoms with Crippen LogP contribution in [0.5, 0.6) is 0 Å². The van der Waals surface area contributed by atoms with E-state index >= 15 is 0 Å². The first kappa shape index (κ1) is 19.2. The van der Waals surface area contributed by atoms with Gasteiger partial charge in [0.2, 0.25) is 0 Å². The zero-order valence-corrected chi connectivity index (χ0v) is 14.1. The molecule has 1 aromatic heterocycles. The van der Waals surface area contributed by atoms with Gasteiger partial charge in [-0.3, -0.25) is 9.88 Å². The summed E-state index contributed by atoms with van der Waals surface area (Å²) >= 11 is -1.12. The molecule has 8 heteroatoms. The van der Waals surface area contributed by atoms with Crippen LogP contribution in [0.2, 0.25) is 0 Å². The molecule has 1 unspecified atom stereocenters. The van der Waals surface area contributed by atoms with E-state index in [1.807, 2.05) is 12.1 Å². The standard InChI is InChI=1S/C15H22N2O5S/c1-22-15(20)17(13(14(18)19)7-10-23(2)21)9-4-6-12-5-3-8-16-11-12/h3,5,8,11,13H,4,6-7,9-10H2,1-2H3,(H,18,19)/t13-,23?/m0/s1. The van der Waals surface area contributed by atoms with E-state index in [9.17, 15) is 19.2 Å². The highest BCUT2D eigenvalue weighted by Gasteiger charge is 2.30. The number of carboxylic acid groups (broad SMARTS) is 1. The number of hydrogen-bond acceptors (Lipinski definition) is 5. The van der Waals surface area contributed by atoms with Gasteiger partial charge in [-0.05, 0) is 24.5 Å². The molecule has 0 bridgehead atoms. The summed E-state index contributed by atoms with van der Waals surface area (Å²) in [5.41, 5.74) is 1.01. The minimum absolute atomic E-state index is 0.125. The van der Waals surface area contributed by atoms with Gasteiger partial charge >= 0.3 is 12.1 Å². The van der Waals surface area contributed by atoms with Gasteiger partial charge in [0, 0.05) is 25.4 Å². The SMILES string of the molecule is COC(=O)N(CCCc1cccnc1)[C@@H](CC[S+](C)[O-])C(=O)O. The number of carbonyl (C=O) groups is 2. The van der Waals surface area contributed by atoms with Crippen molar-refractivity contribution in [3.63, 3.8) is 0 Å². The molecule has 1 amide bonds. The van der Waals surface area contributed by atoms with E-state index in [1.165, 1.54) is 18.3 Å². The number of methoxy groups -OCH3 is 1. The second-order valence-electron chi connectivity index (χ2n) is 5.05. The van der Waals surface area contributed by atoms with Crippen LogP contribution in [-0.2, 0) is 27.1 Å². The Morgan fingerprint density at radius 1 is 1.52 bits per heavy atom. The molecule has 0 radical (unpaired) electrons. The number of ether oxygens (including phenoxy) is 1. The third-order valence-corrected chi connectivity index (χ3v) is 4.15. The molecule has 7 nitrogen and oxygen atoms in total. The summed E-state index contributed by atoms with van der Waals surface area (Å²) in [4.78, 5) is 28.5. The highest BCUT2D eigenvalue weighted by molar-refractivity contribution is 7.90. The van der Waals surface area contributed by atoms with E-state index in [2.05, 4.69) is 9.72 Å². The predicted octanol–water partition coefficient (Wildman–Crippen LogP) is 1.30. The molecule has 1 aromatic rings. The Labute approximate surface area is 138 Å². The third-order valence-electron chi connectivity index (χ3n) is 3.34. The summed E-state index contributed by atoms with van der Waals surface area (Å²) in [6.07, 6.45) is 5.61. The number of carbonyl (C=O) groups excluding carboxylic acids is 1. The van der Waals surface area contributed by atoms with Crippen LogP contribution in [0.15, 0.2) is 24.5 Å². The monoisotopic (exact) mass is 342 g/mol. The maximum absolute atomic E-state index is 11.9. The molecule has 0 aliphatic rings. The molecule has 0 fully saturated rings. The van der Waals surface area contributed by atoms with Gasteiger partial charge in [0.25, 0.3) is 0 Å². The average Bonchev–Trinajstić information content (AvgIpc) is 2.53. The molecule has 1 rings (SSSR count). The molecule has 0 aliphatic carbocycles. The number of aromatic nitrogens is 1. The summed E-state index contributed by atoms with van der Waals surface area (Å²) in [7, 11) is 1.22. The number of hydrogen-bond donors (Lipinski definition) is 1. The van der Waals surface area contributed by atoms with Gasteiger partial charge in [-0.15, -0.1) is 0 Å². The van der Waals surface area contributed by atoms with Gasteiger partial charge in [-0.1, -0.05) is 17.2 Å². The Morgan fingerprint density at radius 3 is 2.78 bits per heavy atom. The highest BCUT2D eigenvalue weighted by Crippen LogP contribution is 2.11. The summed E-state index contributed by atoms with van der Waals surface area (Å²) in [5.74, 6) is -0.908. The van der Waals surface area contributed by atoms with E-state index < -0.39 is 29.3 Å². The number of nitrogens with zero attached hydrogens (tertiary/aromatic N) is 2. The quantitative estimate of drug-likeness (QED) is 0.679. The van der Waals surface area contributed by atoms with Gasteiger partial charge in [0.05, 0.1) is 13.4 Å². The first-order chi connectivity index (χ1) is 11.0. The van der Waals surface area contributed by atoms with Crippen LogP contribution >= 0.6 is 0 Å². The van der Waals surface area contributed by atoms with E-state index in [-0.39, 0.29) is 18.7 Å². The number of carboxylic acids is 1. The lowest BCUT2D eigenvalue weighted by Gasteiger charge is -2.27. The lowest BCUT2D eigenvalue weighted by atomic mass is 10.1. The second kappa shape index (κ2) is 10.1. The van der Waals surface area contributed by atoms with Gasteiger partial charge < -0.3 is 14.4 Å². The molecule has 0 aliphatic heterocycles. The van der Waals surface area contributed by atoms with Crippen molar-refractivity contribution in [1.29, 1.82) is 0 Å². The van der Waals surface area contributed by atoms with E-state index in [1.54, 1.807) is 12.4 Å². The van der Waals surface area contributed by atoms with E-state index in [0.29, 0.717) is 12.8 Å². The van der Waals surface area contributed by atoms with E-state index in [0.717, 1.165) is 5.56 Å². The Balaban J connectivity index is 2.68. The smallest absolute Gasteiger partial charge is 0.410 e. The summed E-state index contributed by atoms with van der Waals surface area (Å²) in [5, 5.41) is 9.36. The molecule has 0 saturated heterocycles. The second-order valence-corrected chi connectivity index (χ2v) is 6.60. The normalized spacial score (nSPS) is 13.2. The molecule has 1 heterocycles. The Bertz CT molecular complexity index is 498. The minimum atomic E-state index is -1.12. The topological polar surface area (TPSA) is 103 Å². The molecule has 0 aromatic carbocycles. The van der Waals surface area contributed by atoms with Crippen molar-refractivity contribution in [2.24, 2.45) is 0 Å². The largest absolute Gasteiger partial charge is 0.617 e. The Hall–Kier alpha value is -1.80. The van der Waals surface area contributed by atoms with Crippen LogP contribution in [0.25, 0.3) is 0 Å². The van der Waals surface area contributed by atoms with Crippen LogP contribution in [-0.4, -0.2) is 63.3 Å². The number of pyridine rings is 1. The minimum Gasteiger partial charge on any atom is -0.617 e. The molecular weight excluding hydrogens is 320 g/mol. The Kier molecular flexibility index (Phi) is 8.42. The lowest BCUT2D eigenvalue weighted by molar-refractivity contribution is -0.142. The molecule has 0 spiro atoms. The zero-order valence-electron chi connectivity index (χ0n) is 13.3. The van der Waals surface area contributed by atoms with E-state index in [4.69, 9.17) is 0 Å². The first-order valence-corrected chi connectivity index (χ1v) is 8.94. The molecule has 128 valence electrons. The number of aliphatic carboxylic acids is 1. The van der Waals surface area contributed by atoms with Crippen molar-refractivity contribution in [3.05, 3.63) is 30.1 Å². The molecule has 23 heavy (non-hydrogen) atoms. The first-order valence-electron chi connectivity index (χ1n) is 7.22. The third kappa shape index (κ3) is 6.87. The molecule has 2 atom stereocenters. The van der Waals surface area contributed by atoms with Crippen molar-refractivity contribution in [1.82, 2.24) is 9.88 Å². The fraction of sp³-hybridized carbons (Fsp3) is 0.533. The fourth-order valence-electron chi connectivity index (χ4n) is 2.18. The fourth-order valence-corrected chi connectivity index (χ4v) is 2.74. The maximum Gasteiger partial charge on any atom is 0.410 e. The van der Waals surface area contributed by atoms with Gasteiger partial charge in [0.15, 0.2) is 0 Å². The summed E-state index contributed by atoms with van der Waals surface area (Å²) in [6.45, 7) is 0.245. The van der Waals surface area contributed by atoms with Crippen molar-refractivity contribution in [2.75, 3.05) is 25.7 Å². The van der Waals surface area contributed by atoms with Gasteiger partial charge in [-0.25, -0.2) is 9.59 Å². The molecule has 0 saturated carbocycles. The predicted molar refractivity (Wildman–Crippen MR) is 86.6 cm³/mol. The van der Waals surface area contributed by atoms with Gasteiger partial charge in [-0.2, -0.15) is 0 Å². The Morgan fingerprint density at radius 2 is 2.26 bits per heavy atom. The van der Waals surface area contributed by atoms with Crippen molar-refractivity contribution >= 4 is 23.2 Å². The zero-order chi connectivity index (χ0) is 17.2. The van der Waals surface area contributed by atoms with Gasteiger partial charge in [0.1, 0.15) is 11.8 Å². The van der Waals surface area contributed by atoms with Crippen molar-refractivity contribution in [3.8, 4) is 0 Å². The average molecular weight is 342 g/mol. The lowest BCUT2D eigenvalue weighted by Crippen LogP contribution is -2.46. The van der Waals surface area contributed by atoms with Crippen molar-refractivity contribution in [2.45, 2.75) is 25.3 Å². The maximum atomic E-state index is 11.9. The summed E-state index contributed by atoms with van der Waals surface area (Å²) < 4.78 is 15.9. The number of amides is 1. The van der Waals surface area contributed by atoms with Crippen LogP contribution in [0.4, 0.5) is 4.79 Å². The van der Waals surface area contributed by atoms with Crippen LogP contribution < -0.4 is 0 Å². The van der Waals surface area contributed by atoms with Crippen LogP contribution in [0.3, 0.4) is 0 Å². The molecule has 1 N–H and O–H groups in total. The molecular formula is C15H22N2O5S. The van der Waals surface area contributed by atoms with Crippen LogP contribution in [0, 0.1) is 0 Å². The van der Waals surface area contributed by atoms with Crippen molar-refractivity contribution < 1.29 is 24.0 Å². The highest BCUT2D eigenvalue weighted by atomic mass is 32.2. The number of aryl methyl sites for hydroxylation is 1. The van der Waals surface area contributed by atoms with Crippen LogP contribution in [0.1, 0.15) is 18.4 Å². The number of rotatable bonds is 9. The summed E-state index contributed by atoms with van der Waals surface area (Å²) in [6, 6.07) is 2.70.